The Morgan fingerprint density at radius 2 is 1.89 bits per heavy atom. The van der Waals surface area contributed by atoms with E-state index >= 15 is 0 Å². The Bertz CT molecular complexity index is 1120. The van der Waals surface area contributed by atoms with Gasteiger partial charge in [0.1, 0.15) is 11.3 Å². The Morgan fingerprint density at radius 3 is 2.64 bits per heavy atom. The number of rotatable bonds is 5. The Kier molecular flexibility index (Phi) is 4.74. The van der Waals surface area contributed by atoms with Gasteiger partial charge in [0, 0.05) is 43.6 Å². The molecule has 1 N–H and O–H groups in total. The van der Waals surface area contributed by atoms with Crippen molar-refractivity contribution in [3.8, 4) is 11.1 Å². The van der Waals surface area contributed by atoms with Crippen molar-refractivity contribution < 1.29 is 4.79 Å². The summed E-state index contributed by atoms with van der Waals surface area (Å²) in [4.78, 5) is 17.4. The van der Waals surface area contributed by atoms with Gasteiger partial charge in [0.25, 0.3) is 5.91 Å². The SMILES string of the molecule is CC[C@@H](NC(=O)c1cc(-c2ccnc3c2ccn3C)cn1C)c1ccccc1. The summed E-state index contributed by atoms with van der Waals surface area (Å²) >= 11 is 0. The summed E-state index contributed by atoms with van der Waals surface area (Å²) in [5, 5.41) is 4.25. The Hall–Kier alpha value is -3.34. The number of carbonyl (C=O) groups is 1. The third kappa shape index (κ3) is 3.20. The van der Waals surface area contributed by atoms with Crippen molar-refractivity contribution in [2.24, 2.45) is 14.1 Å². The molecule has 0 saturated carbocycles. The highest BCUT2D eigenvalue weighted by Gasteiger charge is 2.18. The smallest absolute Gasteiger partial charge is 0.268 e. The van der Waals surface area contributed by atoms with Crippen LogP contribution in [0, 0.1) is 0 Å². The monoisotopic (exact) mass is 372 g/mol. The molecule has 0 unspecified atom stereocenters. The van der Waals surface area contributed by atoms with Crippen molar-refractivity contribution in [3.05, 3.63) is 78.4 Å². The fourth-order valence-corrected chi connectivity index (χ4v) is 3.69. The number of amides is 1. The Labute approximate surface area is 164 Å². The zero-order valence-electron chi connectivity index (χ0n) is 16.4. The van der Waals surface area contributed by atoms with E-state index in [1.165, 1.54) is 0 Å². The largest absolute Gasteiger partial charge is 0.346 e. The summed E-state index contributed by atoms with van der Waals surface area (Å²) in [7, 11) is 3.89. The second kappa shape index (κ2) is 7.35. The standard InChI is InChI=1S/C23H24N4O/c1-4-20(16-8-6-5-7-9-16)25-23(28)21-14-17(15-27(21)3)18-10-12-24-22-19(18)11-13-26(22)2/h5-15,20H,4H2,1-3H3,(H,25,28)/t20-/m1/s1. The van der Waals surface area contributed by atoms with E-state index in [0.29, 0.717) is 5.69 Å². The topological polar surface area (TPSA) is 51.9 Å². The first-order chi connectivity index (χ1) is 13.6. The van der Waals surface area contributed by atoms with Crippen LogP contribution in [0.2, 0.25) is 0 Å². The van der Waals surface area contributed by atoms with Gasteiger partial charge in [-0.1, -0.05) is 37.3 Å². The van der Waals surface area contributed by atoms with Crippen molar-refractivity contribution >= 4 is 16.9 Å². The lowest BCUT2D eigenvalue weighted by Gasteiger charge is -2.17. The average Bonchev–Trinajstić information content (AvgIpc) is 3.29. The van der Waals surface area contributed by atoms with Crippen molar-refractivity contribution in [1.29, 1.82) is 0 Å². The van der Waals surface area contributed by atoms with E-state index in [-0.39, 0.29) is 11.9 Å². The minimum absolute atomic E-state index is 0.00574. The summed E-state index contributed by atoms with van der Waals surface area (Å²) in [6.45, 7) is 2.08. The molecule has 3 aromatic heterocycles. The first-order valence-electron chi connectivity index (χ1n) is 9.51. The van der Waals surface area contributed by atoms with E-state index < -0.39 is 0 Å². The molecule has 1 amide bonds. The van der Waals surface area contributed by atoms with Crippen LogP contribution in [0.25, 0.3) is 22.2 Å². The van der Waals surface area contributed by atoms with Gasteiger partial charge in [-0.3, -0.25) is 4.79 Å². The van der Waals surface area contributed by atoms with E-state index in [1.807, 2.05) is 84.3 Å². The first kappa shape index (κ1) is 18.0. The highest BCUT2D eigenvalue weighted by Crippen LogP contribution is 2.29. The molecule has 4 aromatic rings. The molecule has 0 aliphatic heterocycles. The Morgan fingerprint density at radius 1 is 1.11 bits per heavy atom. The molecule has 4 rings (SSSR count). The second-order valence-corrected chi connectivity index (χ2v) is 7.09. The number of hydrogen-bond acceptors (Lipinski definition) is 2. The predicted octanol–water partition coefficient (Wildman–Crippen LogP) is 4.46. The van der Waals surface area contributed by atoms with Gasteiger partial charge in [-0.2, -0.15) is 0 Å². The zero-order chi connectivity index (χ0) is 19.7. The molecular weight excluding hydrogens is 348 g/mol. The summed E-state index contributed by atoms with van der Waals surface area (Å²) in [5.41, 5.74) is 4.79. The number of pyridine rings is 1. The molecule has 5 nitrogen and oxygen atoms in total. The average molecular weight is 372 g/mol. The van der Waals surface area contributed by atoms with Crippen molar-refractivity contribution in [3.63, 3.8) is 0 Å². The third-order valence-electron chi connectivity index (χ3n) is 5.23. The van der Waals surface area contributed by atoms with Crippen LogP contribution in [0.3, 0.4) is 0 Å². The minimum Gasteiger partial charge on any atom is -0.346 e. The zero-order valence-corrected chi connectivity index (χ0v) is 16.4. The van der Waals surface area contributed by atoms with Gasteiger partial charge in [0.15, 0.2) is 0 Å². The third-order valence-corrected chi connectivity index (χ3v) is 5.23. The molecule has 1 atom stereocenters. The van der Waals surface area contributed by atoms with Gasteiger partial charge in [0.05, 0.1) is 6.04 Å². The number of nitrogens with zero attached hydrogens (tertiary/aromatic N) is 3. The van der Waals surface area contributed by atoms with Crippen LogP contribution in [-0.4, -0.2) is 20.0 Å². The number of hydrogen-bond donors (Lipinski definition) is 1. The summed E-state index contributed by atoms with van der Waals surface area (Å²) < 4.78 is 3.89. The van der Waals surface area contributed by atoms with Crippen molar-refractivity contribution in [2.45, 2.75) is 19.4 Å². The number of fused-ring (bicyclic) bond motifs is 1. The van der Waals surface area contributed by atoms with E-state index in [9.17, 15) is 4.79 Å². The van der Waals surface area contributed by atoms with E-state index in [4.69, 9.17) is 0 Å². The summed E-state index contributed by atoms with van der Waals surface area (Å²) in [5.74, 6) is -0.0668. The molecule has 0 aliphatic rings. The molecule has 5 heteroatoms. The lowest BCUT2D eigenvalue weighted by molar-refractivity contribution is 0.0927. The lowest BCUT2D eigenvalue weighted by atomic mass is 10.0. The molecule has 0 bridgehead atoms. The molecule has 0 fully saturated rings. The number of benzene rings is 1. The minimum atomic E-state index is -0.0668. The second-order valence-electron chi connectivity index (χ2n) is 7.09. The van der Waals surface area contributed by atoms with E-state index in [1.54, 1.807) is 0 Å². The van der Waals surface area contributed by atoms with Gasteiger partial charge in [-0.25, -0.2) is 4.98 Å². The van der Waals surface area contributed by atoms with E-state index in [2.05, 4.69) is 23.3 Å². The highest BCUT2D eigenvalue weighted by atomic mass is 16.2. The van der Waals surface area contributed by atoms with Crippen molar-refractivity contribution in [1.82, 2.24) is 19.4 Å². The van der Waals surface area contributed by atoms with Crippen LogP contribution in [0.1, 0.15) is 35.4 Å². The molecule has 0 saturated heterocycles. The fraction of sp³-hybridized carbons (Fsp3) is 0.217. The summed E-state index contributed by atoms with van der Waals surface area (Å²) in [6.07, 6.45) is 6.65. The van der Waals surface area contributed by atoms with Crippen LogP contribution in [0.15, 0.2) is 67.1 Å². The molecule has 1 aromatic carbocycles. The van der Waals surface area contributed by atoms with Crippen molar-refractivity contribution in [2.75, 3.05) is 0 Å². The first-order valence-corrected chi connectivity index (χ1v) is 9.51. The fourth-order valence-electron chi connectivity index (χ4n) is 3.69. The molecule has 28 heavy (non-hydrogen) atoms. The maximum absolute atomic E-state index is 13.0. The number of aromatic nitrogens is 3. The quantitative estimate of drug-likeness (QED) is 0.562. The maximum Gasteiger partial charge on any atom is 0.268 e. The number of nitrogens with one attached hydrogen (secondary N) is 1. The predicted molar refractivity (Wildman–Crippen MR) is 112 cm³/mol. The van der Waals surface area contributed by atoms with Crippen LogP contribution in [0.4, 0.5) is 0 Å². The lowest BCUT2D eigenvalue weighted by Crippen LogP contribution is -2.29. The summed E-state index contributed by atoms with van der Waals surface area (Å²) in [6, 6.07) is 16.1. The normalized spacial score (nSPS) is 12.2. The van der Waals surface area contributed by atoms with Crippen LogP contribution in [0.5, 0.6) is 0 Å². The Balaban J connectivity index is 1.65. The molecule has 0 aliphatic carbocycles. The van der Waals surface area contributed by atoms with Gasteiger partial charge in [-0.05, 0) is 35.7 Å². The van der Waals surface area contributed by atoms with Crippen LogP contribution in [-0.2, 0) is 14.1 Å². The molecule has 3 heterocycles. The molecule has 0 radical (unpaired) electrons. The van der Waals surface area contributed by atoms with Crippen LogP contribution >= 0.6 is 0 Å². The molecular formula is C23H24N4O. The highest BCUT2D eigenvalue weighted by molar-refractivity contribution is 5.98. The van der Waals surface area contributed by atoms with Gasteiger partial charge in [-0.15, -0.1) is 0 Å². The van der Waals surface area contributed by atoms with Gasteiger partial charge in [0.2, 0.25) is 0 Å². The van der Waals surface area contributed by atoms with Gasteiger partial charge < -0.3 is 14.5 Å². The van der Waals surface area contributed by atoms with Crippen LogP contribution < -0.4 is 5.32 Å². The molecule has 142 valence electrons. The number of aryl methyl sites for hydroxylation is 2. The van der Waals surface area contributed by atoms with E-state index in [0.717, 1.165) is 34.1 Å². The maximum atomic E-state index is 13.0. The van der Waals surface area contributed by atoms with Gasteiger partial charge >= 0.3 is 0 Å². The molecule has 0 spiro atoms. The number of carbonyl (C=O) groups excluding carboxylic acids is 1.